The number of rotatable bonds is 7. The number of nitrogens with zero attached hydrogens (tertiary/aromatic N) is 2. The van der Waals surface area contributed by atoms with Crippen molar-refractivity contribution in [3.05, 3.63) is 29.8 Å². The molecule has 2 aliphatic heterocycles. The zero-order valence-electron chi connectivity index (χ0n) is 17.9. The van der Waals surface area contributed by atoms with Crippen molar-refractivity contribution < 1.29 is 18.7 Å². The summed E-state index contributed by atoms with van der Waals surface area (Å²) in [6.07, 6.45) is 5.23. The number of halogens is 1. The van der Waals surface area contributed by atoms with Gasteiger partial charge in [-0.1, -0.05) is 0 Å². The first-order valence-corrected chi connectivity index (χ1v) is 11.3. The number of imidazole rings is 1. The smallest absolute Gasteiger partial charge is 0.223 e. The van der Waals surface area contributed by atoms with Crippen LogP contribution in [0.15, 0.2) is 18.2 Å². The number of likely N-dealkylation sites (tertiary alicyclic amines) is 1. The molecule has 2 aromatic rings. The quantitative estimate of drug-likeness (QED) is 0.707. The fourth-order valence-corrected chi connectivity index (χ4v) is 4.54. The van der Waals surface area contributed by atoms with Crippen LogP contribution in [0.3, 0.4) is 0 Å². The number of aromatic amines is 1. The average molecular weight is 431 g/mol. The molecule has 2 fully saturated rings. The van der Waals surface area contributed by atoms with Crippen molar-refractivity contribution in [3.63, 3.8) is 0 Å². The van der Waals surface area contributed by atoms with Crippen molar-refractivity contribution in [1.29, 1.82) is 0 Å². The predicted molar refractivity (Wildman–Crippen MR) is 115 cm³/mol. The zero-order chi connectivity index (χ0) is 21.6. The molecule has 0 spiro atoms. The molecule has 1 atom stereocenters. The van der Waals surface area contributed by atoms with E-state index in [9.17, 15) is 14.0 Å². The third-order valence-electron chi connectivity index (χ3n) is 6.34. The van der Waals surface area contributed by atoms with E-state index in [-0.39, 0.29) is 23.5 Å². The summed E-state index contributed by atoms with van der Waals surface area (Å²) in [5, 5.41) is 3.07. The van der Waals surface area contributed by atoms with Crippen molar-refractivity contribution in [1.82, 2.24) is 20.2 Å². The van der Waals surface area contributed by atoms with Gasteiger partial charge >= 0.3 is 0 Å². The van der Waals surface area contributed by atoms with Crippen LogP contribution < -0.4 is 5.32 Å². The van der Waals surface area contributed by atoms with Gasteiger partial charge in [-0.2, -0.15) is 0 Å². The number of nitrogens with one attached hydrogen (secondary N) is 2. The molecule has 0 aliphatic carbocycles. The second-order valence-corrected chi connectivity index (χ2v) is 8.76. The Bertz CT molecular complexity index is 909. The van der Waals surface area contributed by atoms with Crippen LogP contribution in [0.5, 0.6) is 0 Å². The Morgan fingerprint density at radius 2 is 2.06 bits per heavy atom. The fourth-order valence-electron chi connectivity index (χ4n) is 4.54. The van der Waals surface area contributed by atoms with Gasteiger partial charge in [0.1, 0.15) is 11.6 Å². The number of fused-ring (bicyclic) bond motifs is 1. The lowest BCUT2D eigenvalue weighted by Crippen LogP contribution is -2.42. The van der Waals surface area contributed by atoms with Gasteiger partial charge in [0, 0.05) is 52.1 Å². The van der Waals surface area contributed by atoms with Crippen LogP contribution >= 0.6 is 0 Å². The number of carbonyl (C=O) groups excluding carboxylic acids is 2. The van der Waals surface area contributed by atoms with Gasteiger partial charge in [0.05, 0.1) is 11.0 Å². The Labute approximate surface area is 181 Å². The van der Waals surface area contributed by atoms with E-state index in [1.807, 2.05) is 4.90 Å². The molecule has 0 bridgehead atoms. The molecule has 2 aliphatic rings. The highest BCUT2D eigenvalue weighted by Gasteiger charge is 2.25. The number of ether oxygens (including phenoxy) is 1. The van der Waals surface area contributed by atoms with Gasteiger partial charge in [-0.3, -0.25) is 9.59 Å². The number of aromatic nitrogens is 2. The highest BCUT2D eigenvalue weighted by molar-refractivity contribution is 5.78. The van der Waals surface area contributed by atoms with E-state index in [1.165, 1.54) is 12.1 Å². The lowest BCUT2D eigenvalue weighted by atomic mass is 9.93. The number of H-pyrrole nitrogens is 1. The van der Waals surface area contributed by atoms with E-state index < -0.39 is 0 Å². The summed E-state index contributed by atoms with van der Waals surface area (Å²) in [5.74, 6) is 1.27. The summed E-state index contributed by atoms with van der Waals surface area (Å²) < 4.78 is 18.7. The van der Waals surface area contributed by atoms with Gasteiger partial charge in [-0.15, -0.1) is 0 Å². The second kappa shape index (κ2) is 10.2. The first-order valence-electron chi connectivity index (χ1n) is 11.3. The van der Waals surface area contributed by atoms with E-state index in [4.69, 9.17) is 4.74 Å². The minimum atomic E-state index is -0.310. The third kappa shape index (κ3) is 6.03. The van der Waals surface area contributed by atoms with Crippen LogP contribution in [0.2, 0.25) is 0 Å². The Hall–Kier alpha value is -2.48. The Morgan fingerprint density at radius 1 is 1.23 bits per heavy atom. The molecule has 7 nitrogen and oxygen atoms in total. The van der Waals surface area contributed by atoms with Gasteiger partial charge in [-0.25, -0.2) is 9.37 Å². The maximum atomic E-state index is 13.3. The summed E-state index contributed by atoms with van der Waals surface area (Å²) in [6, 6.07) is 4.43. The molecular weight excluding hydrogens is 399 g/mol. The number of benzene rings is 1. The van der Waals surface area contributed by atoms with Crippen LogP contribution in [-0.4, -0.2) is 59.5 Å². The maximum absolute atomic E-state index is 13.3. The van der Waals surface area contributed by atoms with Gasteiger partial charge < -0.3 is 19.9 Å². The first-order chi connectivity index (χ1) is 15.1. The maximum Gasteiger partial charge on any atom is 0.223 e. The Morgan fingerprint density at radius 3 is 2.90 bits per heavy atom. The molecule has 2 amide bonds. The normalized spacial score (nSPS) is 20.2. The summed E-state index contributed by atoms with van der Waals surface area (Å²) in [4.78, 5) is 34.5. The molecule has 1 aromatic carbocycles. The largest absolute Gasteiger partial charge is 0.381 e. The van der Waals surface area contributed by atoms with Gasteiger partial charge in [0.15, 0.2) is 0 Å². The molecule has 2 N–H and O–H groups in total. The highest BCUT2D eigenvalue weighted by Crippen LogP contribution is 2.21. The molecule has 4 rings (SSSR count). The van der Waals surface area contributed by atoms with Crippen LogP contribution in [0.4, 0.5) is 4.39 Å². The van der Waals surface area contributed by atoms with Crippen LogP contribution in [0.25, 0.3) is 11.0 Å². The van der Waals surface area contributed by atoms with E-state index in [0.29, 0.717) is 48.6 Å². The van der Waals surface area contributed by atoms with Crippen molar-refractivity contribution in [3.8, 4) is 0 Å². The van der Waals surface area contributed by atoms with Crippen molar-refractivity contribution in [2.24, 2.45) is 11.8 Å². The zero-order valence-corrected chi connectivity index (χ0v) is 17.9. The number of carbonyl (C=O) groups is 2. The molecule has 3 heterocycles. The molecule has 2 saturated heterocycles. The van der Waals surface area contributed by atoms with Crippen LogP contribution in [0.1, 0.15) is 44.3 Å². The number of piperidine rings is 1. The fraction of sp³-hybridized carbons (Fsp3) is 0.609. The number of aryl methyl sites for hydroxylation is 1. The first kappa shape index (κ1) is 21.7. The summed E-state index contributed by atoms with van der Waals surface area (Å²) >= 11 is 0. The minimum Gasteiger partial charge on any atom is -0.381 e. The number of hydrogen-bond acceptors (Lipinski definition) is 4. The van der Waals surface area contributed by atoms with Gasteiger partial charge in [-0.05, 0) is 55.7 Å². The standard InChI is InChI=1S/C23H31FN4O3/c24-18-3-4-19-20(13-18)27-21(26-19)5-6-23(30)28-9-1-2-17(15-28)12-22(29)25-14-16-7-10-31-11-8-16/h3-4,13,16-17H,1-2,5-12,14-15H2,(H,25,29)(H,26,27)/t17-/m0/s1. The minimum absolute atomic E-state index is 0.0824. The summed E-state index contributed by atoms with van der Waals surface area (Å²) in [5.41, 5.74) is 1.35. The lowest BCUT2D eigenvalue weighted by Gasteiger charge is -2.32. The third-order valence-corrected chi connectivity index (χ3v) is 6.34. The van der Waals surface area contributed by atoms with Crippen molar-refractivity contribution in [2.45, 2.75) is 44.9 Å². The number of hydrogen-bond donors (Lipinski definition) is 2. The molecule has 0 unspecified atom stereocenters. The van der Waals surface area contributed by atoms with Crippen molar-refractivity contribution in [2.75, 3.05) is 32.8 Å². The lowest BCUT2D eigenvalue weighted by molar-refractivity contribution is -0.134. The molecular formula is C23H31FN4O3. The van der Waals surface area contributed by atoms with E-state index >= 15 is 0 Å². The Balaban J connectivity index is 1.21. The second-order valence-electron chi connectivity index (χ2n) is 8.76. The van der Waals surface area contributed by atoms with Crippen molar-refractivity contribution >= 4 is 22.8 Å². The molecule has 1 aromatic heterocycles. The monoisotopic (exact) mass is 430 g/mol. The number of amides is 2. The SMILES string of the molecule is O=C(C[C@@H]1CCCN(C(=O)CCc2nc3ccc(F)cc3[nH]2)C1)NCC1CCOCC1. The topological polar surface area (TPSA) is 87.3 Å². The summed E-state index contributed by atoms with van der Waals surface area (Å²) in [7, 11) is 0. The van der Waals surface area contributed by atoms with E-state index in [1.54, 1.807) is 6.07 Å². The molecule has 0 saturated carbocycles. The molecule has 168 valence electrons. The van der Waals surface area contributed by atoms with Crippen LogP contribution in [0, 0.1) is 17.7 Å². The summed E-state index contributed by atoms with van der Waals surface area (Å²) in [6.45, 7) is 3.66. The highest BCUT2D eigenvalue weighted by atomic mass is 19.1. The van der Waals surface area contributed by atoms with Crippen LogP contribution in [-0.2, 0) is 20.7 Å². The Kier molecular flexibility index (Phi) is 7.17. The molecule has 31 heavy (non-hydrogen) atoms. The predicted octanol–water partition coefficient (Wildman–Crippen LogP) is 2.81. The van der Waals surface area contributed by atoms with Gasteiger partial charge in [0.25, 0.3) is 0 Å². The average Bonchev–Trinajstić information content (AvgIpc) is 3.19. The van der Waals surface area contributed by atoms with Gasteiger partial charge in [0.2, 0.25) is 11.8 Å². The van der Waals surface area contributed by atoms with E-state index in [2.05, 4.69) is 15.3 Å². The molecule has 8 heteroatoms. The molecule has 0 radical (unpaired) electrons. The van der Waals surface area contributed by atoms with E-state index in [0.717, 1.165) is 52.0 Å².